The zero-order chi connectivity index (χ0) is 7.82. The summed E-state index contributed by atoms with van der Waals surface area (Å²) in [4.78, 5) is 1.79. The second kappa shape index (κ2) is 18.5. The molecule has 0 spiro atoms. The van der Waals surface area contributed by atoms with Gasteiger partial charge in [0, 0.05) is 19.6 Å². The molecule has 0 radical (unpaired) electrons. The van der Waals surface area contributed by atoms with Crippen LogP contribution in [0.1, 0.15) is 1.43 Å². The number of nitrogens with zero attached hydrogens (tertiary/aromatic N) is 1. The first-order chi connectivity index (χ1) is 4.85. The third-order valence-electron chi connectivity index (χ3n) is 1.25. The first kappa shape index (κ1) is 23.5. The first-order valence-electron chi connectivity index (χ1n) is 3.40. The third-order valence-corrected chi connectivity index (χ3v) is 1.25. The van der Waals surface area contributed by atoms with Crippen molar-refractivity contribution in [3.8, 4) is 0 Å². The van der Waals surface area contributed by atoms with Crippen molar-refractivity contribution in [3.63, 3.8) is 0 Å². The van der Waals surface area contributed by atoms with E-state index in [0.717, 1.165) is 0 Å². The monoisotopic (exact) mass is 208 g/mol. The van der Waals surface area contributed by atoms with Gasteiger partial charge in [0.05, 0.1) is 19.8 Å². The molecule has 80 valence electrons. The molecule has 0 saturated carbocycles. The van der Waals surface area contributed by atoms with Crippen LogP contribution in [0.2, 0.25) is 0 Å². The van der Waals surface area contributed by atoms with Crippen molar-refractivity contribution in [2.45, 2.75) is 0 Å². The Morgan fingerprint density at radius 3 is 1.23 bits per heavy atom. The number of hydrogen-bond acceptors (Lipinski definition) is 5. The predicted molar refractivity (Wildman–Crippen MR) is 47.4 cm³/mol. The molecule has 0 aromatic heterocycles. The van der Waals surface area contributed by atoms with Gasteiger partial charge in [0.25, 0.3) is 0 Å². The van der Waals surface area contributed by atoms with E-state index in [1.165, 1.54) is 0 Å². The minimum atomic E-state index is 0. The zero-order valence-electron chi connectivity index (χ0n) is 9.24. The second-order valence-electron chi connectivity index (χ2n) is 2.01. The van der Waals surface area contributed by atoms with Gasteiger partial charge in [0.1, 0.15) is 0 Å². The molecule has 0 aliphatic carbocycles. The van der Waals surface area contributed by atoms with Crippen LogP contribution in [0.5, 0.6) is 0 Å². The number of aliphatic hydroxyl groups is 3. The average Bonchev–Trinajstić information content (AvgIpc) is 1.90. The Kier molecular flexibility index (Phi) is 33.5. The molecule has 7 heteroatoms. The molecule has 8 N–H and O–H groups in total. The summed E-state index contributed by atoms with van der Waals surface area (Å²) in [5.41, 5.74) is 0. The van der Waals surface area contributed by atoms with Crippen molar-refractivity contribution in [2.75, 3.05) is 39.5 Å². The van der Waals surface area contributed by atoms with E-state index in [9.17, 15) is 0 Å². The number of aliphatic hydroxyl groups excluding tert-OH is 3. The molecule has 13 heavy (non-hydrogen) atoms. The van der Waals surface area contributed by atoms with Crippen LogP contribution in [0.25, 0.3) is 0 Å². The standard InChI is InChI=1S/C6H15NO3.H3N.Na.H2O.H/c8-4-1-7(2-5-9)3-6-10;;;;/h8-10H,1-6H2;1H3;;1H2;/q;;+1;;-1. The van der Waals surface area contributed by atoms with Crippen molar-refractivity contribution in [2.24, 2.45) is 0 Å². The normalized spacial score (nSPS) is 8.31. The molecule has 0 aromatic rings. The fourth-order valence-electron chi connectivity index (χ4n) is 0.760. The summed E-state index contributed by atoms with van der Waals surface area (Å²) >= 11 is 0. The topological polar surface area (TPSA) is 130 Å². The summed E-state index contributed by atoms with van der Waals surface area (Å²) in [5, 5.41) is 25.5. The minimum Gasteiger partial charge on any atom is -1.00 e. The molecule has 0 amide bonds. The third kappa shape index (κ3) is 15.5. The van der Waals surface area contributed by atoms with E-state index in [1.807, 2.05) is 0 Å². The van der Waals surface area contributed by atoms with Crippen LogP contribution in [0.15, 0.2) is 0 Å². The maximum absolute atomic E-state index is 8.48. The Bertz CT molecular complexity index is 70.6. The minimum absolute atomic E-state index is 0. The van der Waals surface area contributed by atoms with E-state index >= 15 is 0 Å². The Morgan fingerprint density at radius 1 is 0.846 bits per heavy atom. The molecule has 0 aromatic carbocycles. The van der Waals surface area contributed by atoms with Crippen molar-refractivity contribution in [1.82, 2.24) is 11.1 Å². The van der Waals surface area contributed by atoms with Crippen molar-refractivity contribution >= 4 is 0 Å². The van der Waals surface area contributed by atoms with E-state index < -0.39 is 0 Å². The fraction of sp³-hybridized carbons (Fsp3) is 1.00. The van der Waals surface area contributed by atoms with E-state index in [2.05, 4.69) is 0 Å². The van der Waals surface area contributed by atoms with E-state index in [4.69, 9.17) is 15.3 Å². The molecular weight excluding hydrogens is 187 g/mol. The van der Waals surface area contributed by atoms with Gasteiger partial charge >= 0.3 is 29.6 Å². The molecule has 6 nitrogen and oxygen atoms in total. The Balaban J connectivity index is -0.0000000675. The quantitative estimate of drug-likeness (QED) is 0.324. The molecule has 0 aliphatic heterocycles. The van der Waals surface area contributed by atoms with Gasteiger partial charge in [0.15, 0.2) is 0 Å². The van der Waals surface area contributed by atoms with Crippen LogP contribution in [0.4, 0.5) is 0 Å². The summed E-state index contributed by atoms with van der Waals surface area (Å²) in [7, 11) is 0. The smallest absolute Gasteiger partial charge is 1.00 e. The van der Waals surface area contributed by atoms with Crippen molar-refractivity contribution < 1.29 is 51.8 Å². The van der Waals surface area contributed by atoms with Gasteiger partial charge < -0.3 is 28.4 Å². The summed E-state index contributed by atoms with van der Waals surface area (Å²) < 4.78 is 0. The summed E-state index contributed by atoms with van der Waals surface area (Å²) in [6, 6.07) is 0. The molecular formula is C6H21N2NaO4. The Hall–Kier alpha value is 0.760. The SMILES string of the molecule is N.O.OCCN(CCO)CCO.[H-].[Na+]. The van der Waals surface area contributed by atoms with Crippen LogP contribution >= 0.6 is 0 Å². The van der Waals surface area contributed by atoms with Crippen molar-refractivity contribution in [3.05, 3.63) is 0 Å². The van der Waals surface area contributed by atoms with Gasteiger partial charge in [0.2, 0.25) is 0 Å². The van der Waals surface area contributed by atoms with Crippen LogP contribution in [0, 0.1) is 0 Å². The van der Waals surface area contributed by atoms with E-state index in [0.29, 0.717) is 19.6 Å². The number of hydrogen-bond donors (Lipinski definition) is 4. The van der Waals surface area contributed by atoms with Gasteiger partial charge in [-0.25, -0.2) is 0 Å². The van der Waals surface area contributed by atoms with E-state index in [1.54, 1.807) is 4.90 Å². The maximum Gasteiger partial charge on any atom is 1.00 e. The van der Waals surface area contributed by atoms with Gasteiger partial charge in [-0.05, 0) is 0 Å². The largest absolute Gasteiger partial charge is 1.00 e. The van der Waals surface area contributed by atoms with Gasteiger partial charge in [-0.2, -0.15) is 0 Å². The van der Waals surface area contributed by atoms with Crippen LogP contribution in [-0.2, 0) is 0 Å². The molecule has 0 fully saturated rings. The maximum atomic E-state index is 8.48. The molecule has 0 heterocycles. The van der Waals surface area contributed by atoms with Crippen molar-refractivity contribution in [1.29, 1.82) is 0 Å². The molecule has 0 bridgehead atoms. The molecule has 0 unspecified atom stereocenters. The molecule has 0 atom stereocenters. The Morgan fingerprint density at radius 2 is 1.08 bits per heavy atom. The summed E-state index contributed by atoms with van der Waals surface area (Å²) in [6.45, 7) is 1.75. The molecule has 0 rings (SSSR count). The van der Waals surface area contributed by atoms with E-state index in [-0.39, 0.29) is 62.4 Å². The molecule has 0 saturated heterocycles. The number of rotatable bonds is 6. The predicted octanol–water partition coefficient (Wildman–Crippen LogP) is -5.28. The van der Waals surface area contributed by atoms with Crippen LogP contribution in [0.3, 0.4) is 0 Å². The Labute approximate surface area is 102 Å². The van der Waals surface area contributed by atoms with Gasteiger partial charge in [-0.15, -0.1) is 0 Å². The fourth-order valence-corrected chi connectivity index (χ4v) is 0.760. The van der Waals surface area contributed by atoms with Crippen LogP contribution in [-0.4, -0.2) is 65.2 Å². The van der Waals surface area contributed by atoms with Gasteiger partial charge in [-0.1, -0.05) is 0 Å². The van der Waals surface area contributed by atoms with Crippen LogP contribution < -0.4 is 35.7 Å². The zero-order valence-corrected chi connectivity index (χ0v) is 10.2. The summed E-state index contributed by atoms with van der Waals surface area (Å²) in [5.74, 6) is 0. The second-order valence-corrected chi connectivity index (χ2v) is 2.01. The molecule has 0 aliphatic rings. The average molecular weight is 208 g/mol. The summed E-state index contributed by atoms with van der Waals surface area (Å²) in [6.07, 6.45) is 0. The first-order valence-corrected chi connectivity index (χ1v) is 3.40. The van der Waals surface area contributed by atoms with Gasteiger partial charge in [-0.3, -0.25) is 4.90 Å².